The molecule has 74 valence electrons. The lowest BCUT2D eigenvalue weighted by atomic mass is 10.3. The van der Waals surface area contributed by atoms with Crippen molar-refractivity contribution in [2.45, 2.75) is 19.4 Å². The first-order valence-corrected chi connectivity index (χ1v) is 6.00. The van der Waals surface area contributed by atoms with Gasteiger partial charge in [0.25, 0.3) is 0 Å². The molecule has 0 rings (SSSR count). The topological polar surface area (TPSA) is 87.4 Å². The van der Waals surface area contributed by atoms with Crippen LogP contribution in [0.15, 0.2) is 0 Å². The Morgan fingerprint density at radius 2 is 2.31 bits per heavy atom. The van der Waals surface area contributed by atoms with Gasteiger partial charge in [-0.25, -0.2) is 0 Å². The van der Waals surface area contributed by atoms with Crippen LogP contribution in [0.2, 0.25) is 0 Å². The predicted octanol–water partition coefficient (Wildman–Crippen LogP) is 0.732. The fraction of sp³-hybridized carbons (Fsp3) is 0.714. The Bertz CT molecular complexity index is 264. The summed E-state index contributed by atoms with van der Waals surface area (Å²) in [6.45, 7) is 2.39. The van der Waals surface area contributed by atoms with Gasteiger partial charge in [0.2, 0.25) is 0 Å². The van der Waals surface area contributed by atoms with Crippen LogP contribution >= 0.6 is 7.37 Å². The van der Waals surface area contributed by atoms with Crippen molar-refractivity contribution in [3.63, 3.8) is 0 Å². The molecule has 0 spiro atoms. The molecule has 0 aromatic carbocycles. The van der Waals surface area contributed by atoms with Crippen molar-refractivity contribution in [1.82, 2.24) is 0 Å². The van der Waals surface area contributed by atoms with Gasteiger partial charge in [-0.3, -0.25) is 9.36 Å². The quantitative estimate of drug-likeness (QED) is 0.540. The minimum Gasteiger partial charge on any atom is -0.447 e. The third-order valence-corrected chi connectivity index (χ3v) is 2.35. The zero-order valence-corrected chi connectivity index (χ0v) is 8.45. The van der Waals surface area contributed by atoms with E-state index < -0.39 is 19.4 Å². The van der Waals surface area contributed by atoms with Crippen LogP contribution in [-0.2, 0) is 14.1 Å². The minimum atomic E-state index is -3.12. The van der Waals surface area contributed by atoms with Gasteiger partial charge in [-0.1, -0.05) is 0 Å². The van der Waals surface area contributed by atoms with E-state index >= 15 is 0 Å². The number of nitriles is 1. The first kappa shape index (κ1) is 12.2. The molecule has 2 atom stereocenters. The zero-order valence-electron chi connectivity index (χ0n) is 7.56. The van der Waals surface area contributed by atoms with Crippen LogP contribution < -0.4 is 0 Å². The number of rotatable bonds is 4. The molecule has 0 bridgehead atoms. The molecule has 0 aromatic heterocycles. The fourth-order valence-electron chi connectivity index (χ4n) is 0.707. The molecule has 1 N–H and O–H groups in total. The largest absolute Gasteiger partial charge is 0.447 e. The number of ether oxygens (including phenoxy) is 1. The minimum absolute atomic E-state index is 0.0154. The van der Waals surface area contributed by atoms with E-state index in [4.69, 9.17) is 10.2 Å². The predicted molar refractivity (Wildman–Crippen MR) is 46.4 cm³/mol. The Balaban J connectivity index is 3.95. The second-order valence-electron chi connectivity index (χ2n) is 2.79. The van der Waals surface area contributed by atoms with Crippen LogP contribution in [0.25, 0.3) is 0 Å². The number of hydrogen-bond acceptors (Lipinski definition) is 4. The molecular formula is C7H12NO4P. The molecule has 0 saturated carbocycles. The second-order valence-corrected chi connectivity index (χ2v) is 5.34. The van der Waals surface area contributed by atoms with Crippen LogP contribution in [0, 0.1) is 11.3 Å². The summed E-state index contributed by atoms with van der Waals surface area (Å²) in [5, 5.41) is 8.47. The van der Waals surface area contributed by atoms with Crippen LogP contribution in [0.5, 0.6) is 0 Å². The molecule has 5 nitrogen and oxygen atoms in total. The number of nitrogens with zero attached hydrogens (tertiary/aromatic N) is 1. The van der Waals surface area contributed by atoms with E-state index in [0.29, 0.717) is 0 Å². The standard InChI is InChI=1S/C7H12NO4P/c1-6(9)12-7(5-8)3-4-13(2,10)11/h7H,3-4H2,1-2H3,(H,10,11). The van der Waals surface area contributed by atoms with Crippen molar-refractivity contribution < 1.29 is 19.0 Å². The fourth-order valence-corrected chi connectivity index (χ4v) is 1.42. The first-order chi connectivity index (χ1) is 5.85. The highest BCUT2D eigenvalue weighted by molar-refractivity contribution is 7.57. The molecule has 0 radical (unpaired) electrons. The molecule has 0 amide bonds. The lowest BCUT2D eigenvalue weighted by Crippen LogP contribution is -2.15. The monoisotopic (exact) mass is 205 g/mol. The summed E-state index contributed by atoms with van der Waals surface area (Å²) in [5.41, 5.74) is 0. The van der Waals surface area contributed by atoms with E-state index in [1.54, 1.807) is 6.07 Å². The highest BCUT2D eigenvalue weighted by Gasteiger charge is 2.16. The maximum absolute atomic E-state index is 10.8. The highest BCUT2D eigenvalue weighted by atomic mass is 31.2. The molecule has 0 heterocycles. The number of carbonyl (C=O) groups is 1. The smallest absolute Gasteiger partial charge is 0.303 e. The summed E-state index contributed by atoms with van der Waals surface area (Å²) in [5.74, 6) is -0.560. The van der Waals surface area contributed by atoms with Crippen molar-refractivity contribution in [3.05, 3.63) is 0 Å². The Morgan fingerprint density at radius 1 is 1.77 bits per heavy atom. The zero-order chi connectivity index (χ0) is 10.5. The summed E-state index contributed by atoms with van der Waals surface area (Å²) in [6, 6.07) is 1.73. The molecule has 0 aliphatic heterocycles. The first-order valence-electron chi connectivity index (χ1n) is 3.71. The van der Waals surface area contributed by atoms with E-state index in [9.17, 15) is 9.36 Å². The van der Waals surface area contributed by atoms with E-state index in [1.807, 2.05) is 0 Å². The Morgan fingerprint density at radius 3 is 2.62 bits per heavy atom. The van der Waals surface area contributed by atoms with Gasteiger partial charge in [0.1, 0.15) is 6.07 Å². The van der Waals surface area contributed by atoms with Crippen molar-refractivity contribution in [2.24, 2.45) is 0 Å². The molecule has 6 heteroatoms. The van der Waals surface area contributed by atoms with Crippen LogP contribution in [-0.4, -0.2) is 29.8 Å². The lowest BCUT2D eigenvalue weighted by molar-refractivity contribution is -0.143. The molecule has 0 fully saturated rings. The lowest BCUT2D eigenvalue weighted by Gasteiger charge is -2.10. The van der Waals surface area contributed by atoms with Gasteiger partial charge in [0.05, 0.1) is 0 Å². The van der Waals surface area contributed by atoms with Crippen molar-refractivity contribution in [3.8, 4) is 6.07 Å². The van der Waals surface area contributed by atoms with Gasteiger partial charge in [-0.05, 0) is 0 Å². The van der Waals surface area contributed by atoms with Gasteiger partial charge >= 0.3 is 5.97 Å². The number of esters is 1. The Hall–Kier alpha value is -0.850. The second kappa shape index (κ2) is 5.00. The van der Waals surface area contributed by atoms with Crippen molar-refractivity contribution in [1.29, 1.82) is 5.26 Å². The molecule has 0 aromatic rings. The van der Waals surface area contributed by atoms with Gasteiger partial charge in [0.15, 0.2) is 13.5 Å². The summed E-state index contributed by atoms with van der Waals surface area (Å²) in [4.78, 5) is 19.3. The van der Waals surface area contributed by atoms with Crippen LogP contribution in [0.3, 0.4) is 0 Å². The normalized spacial score (nSPS) is 16.8. The van der Waals surface area contributed by atoms with E-state index in [-0.39, 0.29) is 12.6 Å². The molecular weight excluding hydrogens is 193 g/mol. The number of carbonyl (C=O) groups excluding carboxylic acids is 1. The van der Waals surface area contributed by atoms with Gasteiger partial charge in [-0.2, -0.15) is 5.26 Å². The van der Waals surface area contributed by atoms with Gasteiger partial charge in [0, 0.05) is 26.2 Å². The molecule has 13 heavy (non-hydrogen) atoms. The third kappa shape index (κ3) is 7.51. The van der Waals surface area contributed by atoms with E-state index in [1.165, 1.54) is 13.6 Å². The molecule has 0 aliphatic carbocycles. The van der Waals surface area contributed by atoms with E-state index in [2.05, 4.69) is 4.74 Å². The van der Waals surface area contributed by atoms with Gasteiger partial charge < -0.3 is 9.63 Å². The maximum Gasteiger partial charge on any atom is 0.303 e. The highest BCUT2D eigenvalue weighted by Crippen LogP contribution is 2.36. The summed E-state index contributed by atoms with van der Waals surface area (Å²) >= 11 is 0. The average Bonchev–Trinajstić information content (AvgIpc) is 1.95. The summed E-state index contributed by atoms with van der Waals surface area (Å²) in [6.07, 6.45) is -0.836. The van der Waals surface area contributed by atoms with Gasteiger partial charge in [-0.15, -0.1) is 0 Å². The van der Waals surface area contributed by atoms with Crippen LogP contribution in [0.4, 0.5) is 0 Å². The molecule has 0 aliphatic rings. The van der Waals surface area contributed by atoms with Crippen molar-refractivity contribution in [2.75, 3.05) is 12.8 Å². The van der Waals surface area contributed by atoms with Crippen LogP contribution in [0.1, 0.15) is 13.3 Å². The Kier molecular flexibility index (Phi) is 4.68. The SMILES string of the molecule is CC(=O)OC(C#N)CCP(C)(=O)O. The summed E-state index contributed by atoms with van der Waals surface area (Å²) in [7, 11) is -3.12. The summed E-state index contributed by atoms with van der Waals surface area (Å²) < 4.78 is 15.4. The maximum atomic E-state index is 10.8. The third-order valence-electron chi connectivity index (χ3n) is 1.26. The average molecular weight is 205 g/mol. The Labute approximate surface area is 76.8 Å². The van der Waals surface area contributed by atoms with E-state index in [0.717, 1.165) is 0 Å². The molecule has 2 unspecified atom stereocenters. The van der Waals surface area contributed by atoms with Crippen molar-refractivity contribution >= 4 is 13.3 Å². The molecule has 0 saturated heterocycles. The number of hydrogen-bond donors (Lipinski definition) is 1.